The molecule has 0 heterocycles. The minimum atomic E-state index is -4.10. The Kier molecular flexibility index (Phi) is 9.80. The van der Waals surface area contributed by atoms with Crippen molar-refractivity contribution in [2.24, 2.45) is 0 Å². The number of para-hydroxylation sites is 1. The van der Waals surface area contributed by atoms with Gasteiger partial charge < -0.3 is 19.3 Å². The molecule has 9 heteroatoms. The number of carbonyl (C=O) groups excluding carboxylic acids is 1. The second-order valence-electron chi connectivity index (χ2n) is 8.22. The first kappa shape index (κ1) is 27.0. The zero-order chi connectivity index (χ0) is 25.3. The highest BCUT2D eigenvalue weighted by Crippen LogP contribution is 2.25. The molecule has 1 N–H and O–H groups in total. The second-order valence-corrected chi connectivity index (χ2v) is 8.22. The fraction of sp³-hybridized carbons (Fsp3) is 0.440. The number of halogens is 2. The van der Waals surface area contributed by atoms with Crippen molar-refractivity contribution in [3.05, 3.63) is 59.7 Å². The van der Waals surface area contributed by atoms with E-state index in [4.69, 9.17) is 19.3 Å². The summed E-state index contributed by atoms with van der Waals surface area (Å²) in [5.41, 5.74) is 2.08. The molecule has 0 saturated carbocycles. The summed E-state index contributed by atoms with van der Waals surface area (Å²) in [5, 5.41) is 8.56. The van der Waals surface area contributed by atoms with Gasteiger partial charge in [0, 0.05) is 6.42 Å². The molecule has 0 aliphatic heterocycles. The third-order valence-electron chi connectivity index (χ3n) is 5.14. The maximum atomic E-state index is 13.7. The molecule has 0 fully saturated rings. The molecule has 0 amide bonds. The van der Waals surface area contributed by atoms with Gasteiger partial charge in [-0.3, -0.25) is 9.69 Å². The van der Waals surface area contributed by atoms with Gasteiger partial charge in [-0.15, -0.1) is 0 Å². The Labute approximate surface area is 198 Å². The Balaban J connectivity index is 2.05. The van der Waals surface area contributed by atoms with Gasteiger partial charge in [0.15, 0.2) is 6.23 Å². The van der Waals surface area contributed by atoms with Crippen molar-refractivity contribution in [1.82, 2.24) is 4.90 Å². The molecule has 0 bridgehead atoms. The number of aliphatic carboxylic acids is 1. The molecule has 0 aromatic heterocycles. The van der Waals surface area contributed by atoms with E-state index in [9.17, 15) is 18.4 Å². The van der Waals surface area contributed by atoms with Gasteiger partial charge >= 0.3 is 17.9 Å². The number of nitrogens with zero attached hydrogens (tertiary/aromatic N) is 1. The standard InChI is InChI=1S/C25H31F2NO6/c1-17(33-24(31)25(26,27)16-23(29)30)14-22(28(2)3)34-21-11-6-5-9-19(21)13-12-18-8-7-10-20(15-18)32-4/h5-11,15,17,22H,12-14,16H2,1-4H3,(H,29,30)/t17?,22-/m0/s1. The van der Waals surface area contributed by atoms with E-state index < -0.39 is 36.6 Å². The molecule has 0 aliphatic rings. The van der Waals surface area contributed by atoms with E-state index in [1.807, 2.05) is 48.5 Å². The maximum absolute atomic E-state index is 13.7. The van der Waals surface area contributed by atoms with Crippen LogP contribution in [0.1, 0.15) is 30.9 Å². The lowest BCUT2D eigenvalue weighted by Crippen LogP contribution is -2.40. The highest BCUT2D eigenvalue weighted by Gasteiger charge is 2.44. The summed E-state index contributed by atoms with van der Waals surface area (Å²) in [5.74, 6) is -6.32. The average molecular weight is 480 g/mol. The smallest absolute Gasteiger partial charge is 0.377 e. The molecule has 0 aliphatic carbocycles. The zero-order valence-corrected chi connectivity index (χ0v) is 19.8. The summed E-state index contributed by atoms with van der Waals surface area (Å²) in [4.78, 5) is 24.1. The van der Waals surface area contributed by atoms with E-state index in [1.165, 1.54) is 6.92 Å². The van der Waals surface area contributed by atoms with Crippen molar-refractivity contribution in [2.75, 3.05) is 21.2 Å². The number of ether oxygens (including phenoxy) is 3. The highest BCUT2D eigenvalue weighted by molar-refractivity contribution is 5.83. The van der Waals surface area contributed by atoms with Crippen LogP contribution in [0.25, 0.3) is 0 Å². The summed E-state index contributed by atoms with van der Waals surface area (Å²) in [6, 6.07) is 15.3. The predicted molar refractivity (Wildman–Crippen MR) is 122 cm³/mol. The number of alkyl halides is 2. The Morgan fingerprint density at radius 3 is 2.44 bits per heavy atom. The third-order valence-corrected chi connectivity index (χ3v) is 5.14. The van der Waals surface area contributed by atoms with Crippen molar-refractivity contribution in [2.45, 2.75) is 50.9 Å². The lowest BCUT2D eigenvalue weighted by atomic mass is 10.0. The minimum Gasteiger partial charge on any atom is -0.497 e. The van der Waals surface area contributed by atoms with Crippen LogP contribution in [-0.4, -0.2) is 61.4 Å². The zero-order valence-electron chi connectivity index (χ0n) is 19.8. The number of benzene rings is 2. The topological polar surface area (TPSA) is 85.3 Å². The van der Waals surface area contributed by atoms with Crippen LogP contribution < -0.4 is 9.47 Å². The molecule has 1 unspecified atom stereocenters. The lowest BCUT2D eigenvalue weighted by molar-refractivity contribution is -0.183. The summed E-state index contributed by atoms with van der Waals surface area (Å²) < 4.78 is 43.6. The number of carboxylic acids is 1. The van der Waals surface area contributed by atoms with Gasteiger partial charge in [-0.1, -0.05) is 30.3 Å². The monoisotopic (exact) mass is 479 g/mol. The molecule has 0 saturated heterocycles. The van der Waals surface area contributed by atoms with Crippen LogP contribution in [0.5, 0.6) is 11.5 Å². The first-order valence-corrected chi connectivity index (χ1v) is 10.9. The van der Waals surface area contributed by atoms with Crippen LogP contribution in [0.2, 0.25) is 0 Å². The Bertz CT molecular complexity index is 966. The fourth-order valence-corrected chi connectivity index (χ4v) is 3.31. The van der Waals surface area contributed by atoms with E-state index in [0.717, 1.165) is 23.3 Å². The van der Waals surface area contributed by atoms with Crippen molar-refractivity contribution >= 4 is 11.9 Å². The van der Waals surface area contributed by atoms with Gasteiger partial charge in [-0.25, -0.2) is 4.79 Å². The molecular formula is C25H31F2NO6. The first-order chi connectivity index (χ1) is 16.0. The summed E-state index contributed by atoms with van der Waals surface area (Å²) in [6.45, 7) is 1.46. The van der Waals surface area contributed by atoms with Gasteiger partial charge in [0.2, 0.25) is 0 Å². The number of hydrogen-bond acceptors (Lipinski definition) is 6. The second kappa shape index (κ2) is 12.3. The highest BCUT2D eigenvalue weighted by atomic mass is 19.3. The van der Waals surface area contributed by atoms with E-state index in [2.05, 4.69) is 0 Å². The van der Waals surface area contributed by atoms with Crippen LogP contribution >= 0.6 is 0 Å². The Morgan fingerprint density at radius 1 is 1.09 bits per heavy atom. The fourth-order valence-electron chi connectivity index (χ4n) is 3.31. The molecular weight excluding hydrogens is 448 g/mol. The van der Waals surface area contributed by atoms with Gasteiger partial charge in [-0.2, -0.15) is 8.78 Å². The predicted octanol–water partition coefficient (Wildman–Crippen LogP) is 4.18. The summed E-state index contributed by atoms with van der Waals surface area (Å²) >= 11 is 0. The third kappa shape index (κ3) is 8.30. The van der Waals surface area contributed by atoms with Crippen molar-refractivity contribution in [3.8, 4) is 11.5 Å². The molecule has 7 nitrogen and oxygen atoms in total. The molecule has 34 heavy (non-hydrogen) atoms. The molecule has 2 atom stereocenters. The number of carbonyl (C=O) groups is 2. The summed E-state index contributed by atoms with van der Waals surface area (Å²) in [6.07, 6.45) is -1.55. The van der Waals surface area contributed by atoms with Crippen LogP contribution in [0.15, 0.2) is 48.5 Å². The SMILES string of the molecule is COc1cccc(CCc2ccccc2O[C@@H](CC(C)OC(=O)C(F)(F)CC(=O)O)N(C)C)c1. The van der Waals surface area contributed by atoms with Crippen LogP contribution in [0.4, 0.5) is 8.78 Å². The number of methoxy groups -OCH3 is 1. The van der Waals surface area contributed by atoms with Crippen LogP contribution in [-0.2, 0) is 27.2 Å². The first-order valence-electron chi connectivity index (χ1n) is 10.9. The van der Waals surface area contributed by atoms with Crippen molar-refractivity contribution in [1.29, 1.82) is 0 Å². The average Bonchev–Trinajstić information content (AvgIpc) is 2.77. The Morgan fingerprint density at radius 2 is 1.79 bits per heavy atom. The number of rotatable bonds is 13. The summed E-state index contributed by atoms with van der Waals surface area (Å²) in [7, 11) is 5.14. The largest absolute Gasteiger partial charge is 0.497 e. The number of hydrogen-bond donors (Lipinski definition) is 1. The molecule has 2 aromatic rings. The molecule has 2 rings (SSSR count). The molecule has 0 radical (unpaired) electrons. The minimum absolute atomic E-state index is 0.103. The maximum Gasteiger partial charge on any atom is 0.377 e. The van der Waals surface area contributed by atoms with E-state index >= 15 is 0 Å². The normalized spacial score (nSPS) is 13.3. The number of carboxylic acid groups (broad SMARTS) is 1. The number of esters is 1. The van der Waals surface area contributed by atoms with Gasteiger partial charge in [0.05, 0.1) is 7.11 Å². The van der Waals surface area contributed by atoms with Crippen molar-refractivity contribution in [3.63, 3.8) is 0 Å². The van der Waals surface area contributed by atoms with Gasteiger partial charge in [0.1, 0.15) is 24.0 Å². The van der Waals surface area contributed by atoms with Crippen LogP contribution in [0.3, 0.4) is 0 Å². The molecule has 186 valence electrons. The Hall–Kier alpha value is -3.20. The lowest BCUT2D eigenvalue weighted by Gasteiger charge is -2.29. The van der Waals surface area contributed by atoms with E-state index in [0.29, 0.717) is 12.2 Å². The van der Waals surface area contributed by atoms with E-state index in [-0.39, 0.29) is 6.42 Å². The van der Waals surface area contributed by atoms with Gasteiger partial charge in [-0.05, 0) is 63.2 Å². The number of aryl methyl sites for hydroxylation is 2. The van der Waals surface area contributed by atoms with Crippen molar-refractivity contribution < 1.29 is 37.7 Å². The molecule has 0 spiro atoms. The van der Waals surface area contributed by atoms with Crippen LogP contribution in [0, 0.1) is 0 Å². The molecule has 2 aromatic carbocycles. The van der Waals surface area contributed by atoms with Gasteiger partial charge in [0.25, 0.3) is 0 Å². The quantitative estimate of drug-likeness (QED) is 0.341. The van der Waals surface area contributed by atoms with E-state index in [1.54, 1.807) is 26.1 Å².